The number of ketones is 1. The summed E-state index contributed by atoms with van der Waals surface area (Å²) in [7, 11) is 0. The van der Waals surface area contributed by atoms with Gasteiger partial charge in [0, 0.05) is 6.54 Å². The van der Waals surface area contributed by atoms with Crippen molar-refractivity contribution in [2.24, 2.45) is 41.4 Å². The second-order valence-corrected chi connectivity index (χ2v) is 11.4. The zero-order valence-corrected chi connectivity index (χ0v) is 19.9. The van der Waals surface area contributed by atoms with Crippen LogP contribution in [0.5, 0.6) is 0 Å². The van der Waals surface area contributed by atoms with E-state index < -0.39 is 23.8 Å². The van der Waals surface area contributed by atoms with Gasteiger partial charge in [-0.15, -0.1) is 0 Å². The summed E-state index contributed by atoms with van der Waals surface area (Å²) in [5.41, 5.74) is -0.298. The summed E-state index contributed by atoms with van der Waals surface area (Å²) in [5, 5.41) is 26.3. The molecule has 6 rings (SSSR count). The molecule has 4 N–H and O–H groups in total. The number of hydrogen-bond acceptors (Lipinski definition) is 6. The molecule has 3 aliphatic heterocycles. The highest BCUT2D eigenvalue weighted by Gasteiger charge is 2.66. The molecule has 0 aromatic rings. The number of ether oxygens (including phenoxy) is 1. The predicted octanol–water partition coefficient (Wildman–Crippen LogP) is 1.56. The van der Waals surface area contributed by atoms with E-state index in [2.05, 4.69) is 17.6 Å². The number of amides is 2. The second kappa shape index (κ2) is 8.59. The van der Waals surface area contributed by atoms with Crippen molar-refractivity contribution in [3.63, 3.8) is 0 Å². The highest BCUT2D eigenvalue weighted by atomic mass is 16.6. The molecule has 3 heterocycles. The molecule has 2 amide bonds. The molecule has 0 aromatic heterocycles. The van der Waals surface area contributed by atoms with Crippen LogP contribution in [0.2, 0.25) is 0 Å². The maximum Gasteiger partial charge on any atom is 0.259 e. The normalized spacial score (nSPS) is 50.9. The SMILES string of the molecule is CC1C2OC2C2CC3C4C/C=C\C(=O)NCCC(O)C5NC(=O)/C(=C(O)/C=C/C4CCC3C12)C5=O. The number of Topliss-reactive ketones (excluding diaryl/α,β-unsaturated/α-hetero) is 1. The van der Waals surface area contributed by atoms with Crippen molar-refractivity contribution >= 4 is 17.6 Å². The molecule has 2 bridgehead atoms. The minimum absolute atomic E-state index is 0.111. The second-order valence-electron chi connectivity index (χ2n) is 11.4. The van der Waals surface area contributed by atoms with Gasteiger partial charge < -0.3 is 25.6 Å². The lowest BCUT2D eigenvalue weighted by Gasteiger charge is -2.41. The summed E-state index contributed by atoms with van der Waals surface area (Å²) in [6.07, 6.45) is 10.8. The number of nitrogens with one attached hydrogen (secondary N) is 2. The third-order valence-electron chi connectivity index (χ3n) is 9.73. The molecular formula is C27H34N2O6. The first-order valence-electron chi connectivity index (χ1n) is 13.1. The number of allylic oxidation sites excluding steroid dienone is 3. The molecule has 3 aliphatic carbocycles. The zero-order chi connectivity index (χ0) is 24.4. The van der Waals surface area contributed by atoms with Crippen LogP contribution in [0.1, 0.15) is 39.0 Å². The molecular weight excluding hydrogens is 448 g/mol. The van der Waals surface area contributed by atoms with Gasteiger partial charge in [-0.25, -0.2) is 0 Å². The molecule has 2 saturated heterocycles. The van der Waals surface area contributed by atoms with Crippen molar-refractivity contribution in [1.29, 1.82) is 0 Å². The van der Waals surface area contributed by atoms with Crippen molar-refractivity contribution in [2.75, 3.05) is 6.54 Å². The molecule has 5 fully saturated rings. The maximum absolute atomic E-state index is 12.8. The Balaban J connectivity index is 1.30. The Morgan fingerprint density at radius 1 is 1.00 bits per heavy atom. The van der Waals surface area contributed by atoms with Crippen molar-refractivity contribution in [3.8, 4) is 0 Å². The number of fused-ring (bicyclic) bond motifs is 9. The summed E-state index contributed by atoms with van der Waals surface area (Å²) >= 11 is 0. The van der Waals surface area contributed by atoms with Gasteiger partial charge in [-0.2, -0.15) is 0 Å². The number of aliphatic hydroxyl groups is 2. The van der Waals surface area contributed by atoms with Gasteiger partial charge in [0.05, 0.1) is 18.3 Å². The number of carbonyl (C=O) groups excluding carboxylic acids is 3. The van der Waals surface area contributed by atoms with Crippen LogP contribution in [0.4, 0.5) is 0 Å². The van der Waals surface area contributed by atoms with E-state index in [1.54, 1.807) is 6.08 Å². The lowest BCUT2D eigenvalue weighted by molar-refractivity contribution is -0.118. The van der Waals surface area contributed by atoms with E-state index >= 15 is 0 Å². The van der Waals surface area contributed by atoms with Crippen LogP contribution in [-0.2, 0) is 19.1 Å². The Hall–Kier alpha value is -2.45. The molecule has 8 heteroatoms. The van der Waals surface area contributed by atoms with E-state index in [0.717, 1.165) is 25.7 Å². The van der Waals surface area contributed by atoms with Crippen LogP contribution >= 0.6 is 0 Å². The fourth-order valence-corrected chi connectivity index (χ4v) is 8.17. The largest absolute Gasteiger partial charge is 0.507 e. The van der Waals surface area contributed by atoms with Gasteiger partial charge in [-0.1, -0.05) is 19.1 Å². The molecule has 3 saturated carbocycles. The van der Waals surface area contributed by atoms with Crippen LogP contribution in [0.25, 0.3) is 0 Å². The number of aliphatic hydroxyl groups excluding tert-OH is 2. The van der Waals surface area contributed by atoms with Gasteiger partial charge in [0.1, 0.15) is 17.4 Å². The lowest BCUT2D eigenvalue weighted by atomic mass is 9.64. The monoisotopic (exact) mass is 482 g/mol. The topological polar surface area (TPSA) is 128 Å². The lowest BCUT2D eigenvalue weighted by Crippen LogP contribution is -2.42. The Labute approximate surface area is 204 Å². The van der Waals surface area contributed by atoms with Crippen LogP contribution in [0.15, 0.2) is 35.6 Å². The zero-order valence-electron chi connectivity index (χ0n) is 19.9. The molecule has 0 aromatic carbocycles. The van der Waals surface area contributed by atoms with Crippen LogP contribution in [-0.4, -0.2) is 58.7 Å². The minimum Gasteiger partial charge on any atom is -0.507 e. The van der Waals surface area contributed by atoms with Crippen LogP contribution in [0, 0.1) is 41.4 Å². The fraction of sp³-hybridized carbons (Fsp3) is 0.667. The molecule has 6 aliphatic rings. The van der Waals surface area contributed by atoms with Crippen molar-refractivity contribution in [3.05, 3.63) is 35.6 Å². The van der Waals surface area contributed by atoms with E-state index in [9.17, 15) is 24.6 Å². The first kappa shape index (κ1) is 23.0. The Morgan fingerprint density at radius 2 is 1.83 bits per heavy atom. The van der Waals surface area contributed by atoms with Gasteiger partial charge in [0.25, 0.3) is 5.91 Å². The number of epoxide rings is 1. The standard InChI is InChI=1S/C27H34N2O6/c1-12-21-15-7-5-13-6-8-18(30)22-24(33)23(29-27(22)34)19(31)9-10-28-20(32)4-2-3-14(13)16(15)11-17(21)26-25(12)35-26/h2,4,6,8,12-17,19,21,23,25-26,30-31H,3,5,7,9-11H2,1H3,(H,28,32)(H,29,34)/b4-2-,8-6+,22-18-. The summed E-state index contributed by atoms with van der Waals surface area (Å²) < 4.78 is 5.96. The molecule has 11 atom stereocenters. The molecule has 8 nitrogen and oxygen atoms in total. The molecule has 0 spiro atoms. The van der Waals surface area contributed by atoms with Gasteiger partial charge >= 0.3 is 0 Å². The Kier molecular flexibility index (Phi) is 5.64. The Bertz CT molecular complexity index is 1030. The van der Waals surface area contributed by atoms with E-state index in [4.69, 9.17) is 4.74 Å². The summed E-state index contributed by atoms with van der Waals surface area (Å²) in [6.45, 7) is 2.51. The quantitative estimate of drug-likeness (QED) is 0.306. The minimum atomic E-state index is -1.16. The number of carbonyl (C=O) groups is 3. The average Bonchev–Trinajstić information content (AvgIpc) is 3.33. The smallest absolute Gasteiger partial charge is 0.259 e. The first-order chi connectivity index (χ1) is 16.8. The van der Waals surface area contributed by atoms with E-state index in [1.165, 1.54) is 6.08 Å². The van der Waals surface area contributed by atoms with Gasteiger partial charge in [0.2, 0.25) is 5.91 Å². The molecule has 188 valence electrons. The summed E-state index contributed by atoms with van der Waals surface area (Å²) in [6, 6.07) is -1.12. The van der Waals surface area contributed by atoms with Crippen molar-refractivity contribution < 1.29 is 29.3 Å². The van der Waals surface area contributed by atoms with E-state index in [-0.39, 0.29) is 36.1 Å². The average molecular weight is 483 g/mol. The summed E-state index contributed by atoms with van der Waals surface area (Å²) in [4.78, 5) is 37.6. The first-order valence-corrected chi connectivity index (χ1v) is 13.1. The highest BCUT2D eigenvalue weighted by molar-refractivity contribution is 6.27. The van der Waals surface area contributed by atoms with Crippen molar-refractivity contribution in [2.45, 2.75) is 63.4 Å². The maximum atomic E-state index is 12.8. The third kappa shape index (κ3) is 3.76. The summed E-state index contributed by atoms with van der Waals surface area (Å²) in [5.74, 6) is 1.75. The number of rotatable bonds is 0. The molecule has 0 radical (unpaired) electrons. The molecule has 35 heavy (non-hydrogen) atoms. The van der Waals surface area contributed by atoms with E-state index in [0.29, 0.717) is 47.7 Å². The van der Waals surface area contributed by atoms with Crippen LogP contribution < -0.4 is 10.6 Å². The van der Waals surface area contributed by atoms with Crippen LogP contribution in [0.3, 0.4) is 0 Å². The van der Waals surface area contributed by atoms with Gasteiger partial charge in [0.15, 0.2) is 5.78 Å². The number of hydrogen-bond donors (Lipinski definition) is 4. The predicted molar refractivity (Wildman–Crippen MR) is 126 cm³/mol. The fourth-order valence-electron chi connectivity index (χ4n) is 8.17. The third-order valence-corrected chi connectivity index (χ3v) is 9.73. The van der Waals surface area contributed by atoms with Crippen molar-refractivity contribution in [1.82, 2.24) is 10.6 Å². The highest BCUT2D eigenvalue weighted by Crippen LogP contribution is 2.65. The molecule has 11 unspecified atom stereocenters. The van der Waals surface area contributed by atoms with Gasteiger partial charge in [-0.05, 0) is 85.7 Å². The van der Waals surface area contributed by atoms with E-state index in [1.807, 2.05) is 12.2 Å². The Morgan fingerprint density at radius 3 is 2.66 bits per heavy atom. The van der Waals surface area contributed by atoms with Gasteiger partial charge in [-0.3, -0.25) is 14.4 Å².